The van der Waals surface area contributed by atoms with E-state index in [2.05, 4.69) is 0 Å². The molecule has 0 radical (unpaired) electrons. The maximum atomic E-state index is 13.7. The molecule has 8 heteroatoms. The number of thiazole rings is 1. The van der Waals surface area contributed by atoms with E-state index in [1.54, 1.807) is 29.7 Å². The normalized spacial score (nSPS) is 15.6. The van der Waals surface area contributed by atoms with Gasteiger partial charge in [0.25, 0.3) is 5.56 Å². The van der Waals surface area contributed by atoms with E-state index in [9.17, 15) is 9.59 Å². The summed E-state index contributed by atoms with van der Waals surface area (Å²) in [7, 11) is 0. The number of furan rings is 1. The van der Waals surface area contributed by atoms with E-state index in [-0.39, 0.29) is 12.2 Å². The monoisotopic (exact) mass is 504 g/mol. The molecule has 4 aromatic rings. The largest absolute Gasteiger partial charge is 0.463 e. The molecule has 0 saturated heterocycles. The molecule has 0 fully saturated rings. The van der Waals surface area contributed by atoms with Gasteiger partial charge in [-0.1, -0.05) is 65.4 Å². The van der Waals surface area contributed by atoms with Gasteiger partial charge in [-0.3, -0.25) is 9.36 Å². The van der Waals surface area contributed by atoms with Crippen molar-refractivity contribution < 1.29 is 13.9 Å². The van der Waals surface area contributed by atoms with E-state index in [1.807, 2.05) is 61.5 Å². The Kier molecular flexibility index (Phi) is 6.28. The Morgan fingerprint density at radius 3 is 2.54 bits per heavy atom. The fraction of sp³-hybridized carbons (Fsp3) is 0.148. The standard InChI is InChI=1S/C27H21ClN2O4S/c1-3-33-26(32)22-23(17-7-5-4-6-8-17)29-27-30(24(22)18-10-12-19(28)13-11-18)25(31)21(35-27)15-20-14-9-16(2)34-20/h4-15,24H,3H2,1-2H3/b21-15-/t24-/m0/s1. The van der Waals surface area contributed by atoms with Gasteiger partial charge in [0.2, 0.25) is 0 Å². The summed E-state index contributed by atoms with van der Waals surface area (Å²) in [6.07, 6.45) is 1.70. The summed E-state index contributed by atoms with van der Waals surface area (Å²) in [5.41, 5.74) is 1.99. The molecule has 0 saturated carbocycles. The minimum atomic E-state index is -0.738. The van der Waals surface area contributed by atoms with E-state index < -0.39 is 12.0 Å². The number of ether oxygens (including phenoxy) is 1. The quantitative estimate of drug-likeness (QED) is 0.375. The second-order valence-electron chi connectivity index (χ2n) is 7.93. The van der Waals surface area contributed by atoms with Crippen LogP contribution in [-0.4, -0.2) is 17.1 Å². The summed E-state index contributed by atoms with van der Waals surface area (Å²) in [5.74, 6) is 0.800. The first-order valence-corrected chi connectivity index (χ1v) is 12.3. The number of halogens is 1. The van der Waals surface area contributed by atoms with Crippen LogP contribution in [0.1, 0.15) is 35.6 Å². The Balaban J connectivity index is 1.83. The number of esters is 1. The van der Waals surface area contributed by atoms with Crippen molar-refractivity contribution in [3.05, 3.63) is 120 Å². The molecule has 2 aromatic carbocycles. The number of hydrogen-bond acceptors (Lipinski definition) is 6. The van der Waals surface area contributed by atoms with E-state index in [4.69, 9.17) is 25.7 Å². The number of carbonyl (C=O) groups is 1. The number of rotatable bonds is 5. The van der Waals surface area contributed by atoms with Gasteiger partial charge in [0, 0.05) is 16.7 Å². The van der Waals surface area contributed by atoms with E-state index >= 15 is 0 Å². The third-order valence-electron chi connectivity index (χ3n) is 5.59. The van der Waals surface area contributed by atoms with E-state index in [0.29, 0.717) is 31.4 Å². The number of carbonyl (C=O) groups excluding carboxylic acids is 1. The maximum absolute atomic E-state index is 13.7. The van der Waals surface area contributed by atoms with Gasteiger partial charge < -0.3 is 9.15 Å². The van der Waals surface area contributed by atoms with Crippen molar-refractivity contribution in [2.24, 2.45) is 4.99 Å². The first-order valence-electron chi connectivity index (χ1n) is 11.1. The molecule has 0 amide bonds. The third-order valence-corrected chi connectivity index (χ3v) is 6.83. The van der Waals surface area contributed by atoms with Gasteiger partial charge in [0.1, 0.15) is 11.5 Å². The van der Waals surface area contributed by atoms with Gasteiger partial charge in [0.15, 0.2) is 4.80 Å². The second-order valence-corrected chi connectivity index (χ2v) is 9.38. The lowest BCUT2D eigenvalue weighted by atomic mass is 9.93. The van der Waals surface area contributed by atoms with E-state index in [0.717, 1.165) is 16.9 Å². The number of nitrogens with zero attached hydrogens (tertiary/aromatic N) is 2. The number of fused-ring (bicyclic) bond motifs is 1. The summed E-state index contributed by atoms with van der Waals surface area (Å²) in [5, 5.41) is 0.555. The SMILES string of the molecule is CCOC(=O)C1=C(c2ccccc2)N=c2s/c(=C\c3ccc(C)o3)c(=O)n2[C@H]1c1ccc(Cl)cc1. The fourth-order valence-electron chi connectivity index (χ4n) is 4.06. The summed E-state index contributed by atoms with van der Waals surface area (Å²) < 4.78 is 13.1. The van der Waals surface area contributed by atoms with Crippen LogP contribution in [0.2, 0.25) is 5.02 Å². The lowest BCUT2D eigenvalue weighted by Gasteiger charge is -2.25. The summed E-state index contributed by atoms with van der Waals surface area (Å²) in [6.45, 7) is 3.79. The van der Waals surface area contributed by atoms with Crippen LogP contribution in [-0.2, 0) is 9.53 Å². The maximum Gasteiger partial charge on any atom is 0.338 e. The highest BCUT2D eigenvalue weighted by molar-refractivity contribution is 7.07. The van der Waals surface area contributed by atoms with Crippen molar-refractivity contribution in [3.8, 4) is 0 Å². The Hall–Kier alpha value is -3.68. The molecular formula is C27H21ClN2O4S. The van der Waals surface area contributed by atoms with Crippen LogP contribution in [0.4, 0.5) is 0 Å². The topological polar surface area (TPSA) is 73.8 Å². The first kappa shape index (κ1) is 23.1. The highest BCUT2D eigenvalue weighted by Crippen LogP contribution is 2.35. The first-order chi connectivity index (χ1) is 17.0. The Bertz CT molecular complexity index is 1610. The minimum Gasteiger partial charge on any atom is -0.463 e. The van der Waals surface area contributed by atoms with Crippen molar-refractivity contribution in [2.75, 3.05) is 6.61 Å². The zero-order valence-electron chi connectivity index (χ0n) is 19.0. The van der Waals surface area contributed by atoms with Gasteiger partial charge in [-0.15, -0.1) is 0 Å². The molecule has 5 rings (SSSR count). The minimum absolute atomic E-state index is 0.194. The summed E-state index contributed by atoms with van der Waals surface area (Å²) in [4.78, 5) is 32.3. The molecule has 0 bridgehead atoms. The van der Waals surface area contributed by atoms with Crippen LogP contribution in [0.15, 0.2) is 86.5 Å². The smallest absolute Gasteiger partial charge is 0.338 e. The van der Waals surface area contributed by atoms with Crippen LogP contribution in [0.5, 0.6) is 0 Å². The number of aryl methyl sites for hydroxylation is 1. The number of benzene rings is 2. The molecule has 35 heavy (non-hydrogen) atoms. The Morgan fingerprint density at radius 2 is 1.89 bits per heavy atom. The van der Waals surface area contributed by atoms with Crippen LogP contribution < -0.4 is 14.9 Å². The third kappa shape index (κ3) is 4.40. The lowest BCUT2D eigenvalue weighted by molar-refractivity contribution is -0.138. The van der Waals surface area contributed by atoms with Gasteiger partial charge in [-0.05, 0) is 43.7 Å². The van der Waals surface area contributed by atoms with Crippen molar-refractivity contribution in [1.29, 1.82) is 0 Å². The zero-order valence-corrected chi connectivity index (χ0v) is 20.6. The van der Waals surface area contributed by atoms with Crippen LogP contribution >= 0.6 is 22.9 Å². The molecule has 176 valence electrons. The lowest BCUT2D eigenvalue weighted by Crippen LogP contribution is -2.39. The molecule has 0 aliphatic carbocycles. The Morgan fingerprint density at radius 1 is 1.14 bits per heavy atom. The van der Waals surface area contributed by atoms with Crippen LogP contribution in [0, 0.1) is 6.92 Å². The van der Waals surface area contributed by atoms with Crippen molar-refractivity contribution >= 4 is 40.7 Å². The highest BCUT2D eigenvalue weighted by Gasteiger charge is 2.35. The predicted octanol–water partition coefficient (Wildman–Crippen LogP) is 4.49. The Labute approximate surface area is 210 Å². The van der Waals surface area contributed by atoms with Crippen LogP contribution in [0.25, 0.3) is 11.8 Å². The number of hydrogen-bond donors (Lipinski definition) is 0. The summed E-state index contributed by atoms with van der Waals surface area (Å²) >= 11 is 7.40. The van der Waals surface area contributed by atoms with Gasteiger partial charge in [-0.2, -0.15) is 0 Å². The fourth-order valence-corrected chi connectivity index (χ4v) is 5.17. The van der Waals surface area contributed by atoms with Crippen molar-refractivity contribution in [2.45, 2.75) is 19.9 Å². The molecule has 1 aliphatic heterocycles. The molecule has 6 nitrogen and oxygen atoms in total. The van der Waals surface area contributed by atoms with Crippen molar-refractivity contribution in [3.63, 3.8) is 0 Å². The molecule has 0 N–H and O–H groups in total. The van der Waals surface area contributed by atoms with Crippen LogP contribution in [0.3, 0.4) is 0 Å². The zero-order chi connectivity index (χ0) is 24.5. The molecule has 0 spiro atoms. The molecule has 1 atom stereocenters. The summed E-state index contributed by atoms with van der Waals surface area (Å²) in [6, 6.07) is 19.4. The average molecular weight is 505 g/mol. The molecule has 2 aromatic heterocycles. The molecule has 0 unspecified atom stereocenters. The predicted molar refractivity (Wildman–Crippen MR) is 136 cm³/mol. The van der Waals surface area contributed by atoms with Gasteiger partial charge in [-0.25, -0.2) is 9.79 Å². The molecule has 1 aliphatic rings. The van der Waals surface area contributed by atoms with E-state index in [1.165, 1.54) is 11.3 Å². The van der Waals surface area contributed by atoms with Gasteiger partial charge >= 0.3 is 5.97 Å². The highest BCUT2D eigenvalue weighted by atomic mass is 35.5. The number of aromatic nitrogens is 1. The molecule has 3 heterocycles. The molecular weight excluding hydrogens is 484 g/mol. The average Bonchev–Trinajstić information content (AvgIpc) is 3.41. The van der Waals surface area contributed by atoms with Crippen molar-refractivity contribution in [1.82, 2.24) is 4.57 Å². The second kappa shape index (κ2) is 9.52. The van der Waals surface area contributed by atoms with Gasteiger partial charge in [0.05, 0.1) is 28.5 Å².